The summed E-state index contributed by atoms with van der Waals surface area (Å²) in [6, 6.07) is 8.88. The van der Waals surface area contributed by atoms with E-state index in [2.05, 4.69) is 57.3 Å². The Morgan fingerprint density at radius 1 is 1.17 bits per heavy atom. The number of hydrogen-bond acceptors (Lipinski definition) is 3. The fraction of sp³-hybridized carbons (Fsp3) is 0.600. The second-order valence-electron chi connectivity index (χ2n) is 5.30. The van der Waals surface area contributed by atoms with Gasteiger partial charge in [0.05, 0.1) is 0 Å². The average molecular weight is 284 g/mol. The van der Waals surface area contributed by atoms with Crippen LogP contribution in [0.5, 0.6) is 0 Å². The summed E-state index contributed by atoms with van der Waals surface area (Å²) in [4.78, 5) is 1.39. The summed E-state index contributed by atoms with van der Waals surface area (Å²) in [6.45, 7) is 9.77. The molecule has 3 heteroatoms. The molecule has 0 saturated carbocycles. The fourth-order valence-electron chi connectivity index (χ4n) is 1.48. The van der Waals surface area contributed by atoms with Gasteiger partial charge >= 0.3 is 0 Å². The first-order valence-electron chi connectivity index (χ1n) is 6.56. The van der Waals surface area contributed by atoms with Crippen LogP contribution in [0.2, 0.25) is 0 Å². The molecular formula is C15H25NS2. The van der Waals surface area contributed by atoms with Crippen LogP contribution in [0.1, 0.15) is 33.3 Å². The lowest BCUT2D eigenvalue weighted by Gasteiger charge is -2.20. The molecular weight excluding hydrogens is 258 g/mol. The van der Waals surface area contributed by atoms with Crippen molar-refractivity contribution in [3.8, 4) is 0 Å². The van der Waals surface area contributed by atoms with Gasteiger partial charge in [-0.3, -0.25) is 0 Å². The van der Waals surface area contributed by atoms with Gasteiger partial charge < -0.3 is 5.32 Å². The molecule has 1 nitrogen and oxygen atoms in total. The molecule has 0 atom stereocenters. The first-order chi connectivity index (χ1) is 8.51. The average Bonchev–Trinajstić information content (AvgIpc) is 2.32. The smallest absolute Gasteiger partial charge is 0.0210 e. The van der Waals surface area contributed by atoms with Crippen LogP contribution < -0.4 is 5.32 Å². The molecule has 0 heterocycles. The number of nitrogens with one attached hydrogen (secondary N) is 1. The second kappa shape index (κ2) is 8.13. The lowest BCUT2D eigenvalue weighted by molar-refractivity contribution is 0.424. The molecule has 0 aliphatic heterocycles. The maximum atomic E-state index is 3.53. The van der Waals surface area contributed by atoms with Crippen molar-refractivity contribution >= 4 is 23.5 Å². The van der Waals surface area contributed by atoms with Crippen molar-refractivity contribution < 1.29 is 0 Å². The summed E-state index contributed by atoms with van der Waals surface area (Å²) in [5, 5.41) is 3.53. The highest BCUT2D eigenvalue weighted by molar-refractivity contribution is 8.02. The van der Waals surface area contributed by atoms with E-state index < -0.39 is 0 Å². The topological polar surface area (TPSA) is 12.0 Å². The van der Waals surface area contributed by atoms with Gasteiger partial charge in [-0.25, -0.2) is 0 Å². The Hall–Kier alpha value is -0.120. The summed E-state index contributed by atoms with van der Waals surface area (Å²) in [5.74, 6) is 3.66. The lowest BCUT2D eigenvalue weighted by Crippen LogP contribution is -2.35. The van der Waals surface area contributed by atoms with E-state index in [-0.39, 0.29) is 5.54 Å². The van der Waals surface area contributed by atoms with E-state index in [4.69, 9.17) is 0 Å². The maximum Gasteiger partial charge on any atom is 0.0210 e. The molecule has 0 amide bonds. The Kier molecular flexibility index (Phi) is 7.20. The van der Waals surface area contributed by atoms with Gasteiger partial charge in [-0.15, -0.1) is 11.8 Å². The molecule has 0 spiro atoms. The fourth-order valence-corrected chi connectivity index (χ4v) is 3.21. The molecule has 0 fully saturated rings. The summed E-state index contributed by atoms with van der Waals surface area (Å²) in [6.07, 6.45) is 0. The molecule has 102 valence electrons. The Labute approximate surface area is 121 Å². The molecule has 0 aromatic heterocycles. The first kappa shape index (κ1) is 15.9. The molecule has 0 aliphatic carbocycles. The van der Waals surface area contributed by atoms with Gasteiger partial charge in [-0.05, 0) is 44.2 Å². The predicted octanol–water partition coefficient (Wildman–Crippen LogP) is 4.42. The Morgan fingerprint density at radius 3 is 2.61 bits per heavy atom. The van der Waals surface area contributed by atoms with Crippen LogP contribution in [0.25, 0.3) is 0 Å². The van der Waals surface area contributed by atoms with Gasteiger partial charge in [0, 0.05) is 28.5 Å². The van der Waals surface area contributed by atoms with Crippen LogP contribution in [0.4, 0.5) is 0 Å². The largest absolute Gasteiger partial charge is 0.308 e. The molecule has 1 rings (SSSR count). The molecule has 1 aromatic rings. The van der Waals surface area contributed by atoms with Gasteiger partial charge in [-0.2, -0.15) is 11.8 Å². The summed E-state index contributed by atoms with van der Waals surface area (Å²) < 4.78 is 0. The normalized spacial score (nSPS) is 11.8. The highest BCUT2D eigenvalue weighted by atomic mass is 32.2. The quantitative estimate of drug-likeness (QED) is 0.587. The molecule has 18 heavy (non-hydrogen) atoms. The number of benzene rings is 1. The van der Waals surface area contributed by atoms with Gasteiger partial charge in [0.2, 0.25) is 0 Å². The highest BCUT2D eigenvalue weighted by Crippen LogP contribution is 2.20. The van der Waals surface area contributed by atoms with E-state index in [1.165, 1.54) is 27.7 Å². The SMILES string of the molecule is CCSCCSc1cccc(CNC(C)(C)C)c1. The van der Waals surface area contributed by atoms with Gasteiger partial charge in [0.25, 0.3) is 0 Å². The molecule has 0 radical (unpaired) electrons. The van der Waals surface area contributed by atoms with E-state index in [1.54, 1.807) is 0 Å². The summed E-state index contributed by atoms with van der Waals surface area (Å²) >= 11 is 3.97. The lowest BCUT2D eigenvalue weighted by atomic mass is 10.1. The minimum atomic E-state index is 0.181. The monoisotopic (exact) mass is 283 g/mol. The number of hydrogen-bond donors (Lipinski definition) is 1. The van der Waals surface area contributed by atoms with Crippen LogP contribution in [0, 0.1) is 0 Å². The molecule has 1 aromatic carbocycles. The van der Waals surface area contributed by atoms with E-state index >= 15 is 0 Å². The minimum Gasteiger partial charge on any atom is -0.308 e. The van der Waals surface area contributed by atoms with Crippen LogP contribution in [-0.2, 0) is 6.54 Å². The third-order valence-electron chi connectivity index (χ3n) is 2.42. The standard InChI is InChI=1S/C15H25NS2/c1-5-17-9-10-18-14-8-6-7-13(11-14)12-16-15(2,3)4/h6-8,11,16H,5,9-10,12H2,1-4H3. The molecule has 0 unspecified atom stereocenters. The summed E-state index contributed by atoms with van der Waals surface area (Å²) in [5.41, 5.74) is 1.55. The van der Waals surface area contributed by atoms with Gasteiger partial charge in [0.1, 0.15) is 0 Å². The van der Waals surface area contributed by atoms with Crippen molar-refractivity contribution in [1.82, 2.24) is 5.32 Å². The first-order valence-corrected chi connectivity index (χ1v) is 8.70. The van der Waals surface area contributed by atoms with Crippen molar-refractivity contribution in [3.63, 3.8) is 0 Å². The summed E-state index contributed by atoms with van der Waals surface area (Å²) in [7, 11) is 0. The third kappa shape index (κ3) is 7.34. The second-order valence-corrected chi connectivity index (χ2v) is 7.86. The zero-order chi connectivity index (χ0) is 13.4. The van der Waals surface area contributed by atoms with Crippen molar-refractivity contribution in [3.05, 3.63) is 29.8 Å². The minimum absolute atomic E-state index is 0.181. The van der Waals surface area contributed by atoms with Crippen LogP contribution in [0.15, 0.2) is 29.2 Å². The van der Waals surface area contributed by atoms with Crippen LogP contribution >= 0.6 is 23.5 Å². The van der Waals surface area contributed by atoms with Crippen molar-refractivity contribution in [2.45, 2.75) is 44.7 Å². The van der Waals surface area contributed by atoms with E-state index in [0.717, 1.165) is 6.54 Å². The molecule has 0 aliphatic rings. The van der Waals surface area contributed by atoms with Crippen molar-refractivity contribution in [2.75, 3.05) is 17.3 Å². The Balaban J connectivity index is 2.41. The maximum absolute atomic E-state index is 3.53. The van der Waals surface area contributed by atoms with Gasteiger partial charge in [0.15, 0.2) is 0 Å². The third-order valence-corrected chi connectivity index (χ3v) is 4.58. The van der Waals surface area contributed by atoms with Crippen molar-refractivity contribution in [1.29, 1.82) is 0 Å². The molecule has 0 bridgehead atoms. The van der Waals surface area contributed by atoms with Gasteiger partial charge in [-0.1, -0.05) is 19.1 Å². The zero-order valence-electron chi connectivity index (χ0n) is 12.0. The molecule has 1 N–H and O–H groups in total. The predicted molar refractivity (Wildman–Crippen MR) is 86.8 cm³/mol. The Morgan fingerprint density at radius 2 is 1.94 bits per heavy atom. The number of thioether (sulfide) groups is 2. The van der Waals surface area contributed by atoms with Crippen LogP contribution in [0.3, 0.4) is 0 Å². The van der Waals surface area contributed by atoms with Crippen molar-refractivity contribution in [2.24, 2.45) is 0 Å². The highest BCUT2D eigenvalue weighted by Gasteiger charge is 2.08. The molecule has 0 saturated heterocycles. The Bertz CT molecular complexity index is 345. The van der Waals surface area contributed by atoms with E-state index in [0.29, 0.717) is 0 Å². The number of rotatable bonds is 7. The van der Waals surface area contributed by atoms with E-state index in [1.807, 2.05) is 23.5 Å². The van der Waals surface area contributed by atoms with Crippen LogP contribution in [-0.4, -0.2) is 22.8 Å². The van der Waals surface area contributed by atoms with E-state index in [9.17, 15) is 0 Å². The zero-order valence-corrected chi connectivity index (χ0v) is 13.6.